The molecule has 0 radical (unpaired) electrons. The molecule has 1 aliphatic rings. The van der Waals surface area contributed by atoms with Crippen LogP contribution >= 0.6 is 0 Å². The Morgan fingerprint density at radius 1 is 1.17 bits per heavy atom. The van der Waals surface area contributed by atoms with Gasteiger partial charge in [-0.1, -0.05) is 19.9 Å². The maximum atomic E-state index is 9.47. The van der Waals surface area contributed by atoms with Crippen molar-refractivity contribution in [3.8, 4) is 0 Å². The molecule has 0 spiro atoms. The Morgan fingerprint density at radius 3 is 2.52 bits per heavy atom. The standard InChI is InChI=1S/C22H40N6O/c1-5-22(6-2,10-16-29)18-26-21(23-7-3)25-17-19-9-8-11-24-20(19)28-14-12-27(4)13-15-28/h8-9,11,29H,5-7,10,12-18H2,1-4H3,(H2,23,25,26). The molecule has 0 atom stereocenters. The van der Waals surface area contributed by atoms with Crippen LogP contribution in [0.25, 0.3) is 0 Å². The number of hydrogen-bond donors (Lipinski definition) is 3. The fourth-order valence-corrected chi connectivity index (χ4v) is 3.81. The van der Waals surface area contributed by atoms with E-state index in [1.807, 2.05) is 12.3 Å². The lowest BCUT2D eigenvalue weighted by molar-refractivity contribution is 0.169. The van der Waals surface area contributed by atoms with Gasteiger partial charge in [-0.05, 0) is 44.7 Å². The average Bonchev–Trinajstić information content (AvgIpc) is 2.75. The van der Waals surface area contributed by atoms with Crippen molar-refractivity contribution in [2.75, 3.05) is 57.8 Å². The highest BCUT2D eigenvalue weighted by Gasteiger charge is 2.25. The average molecular weight is 405 g/mol. The fourth-order valence-electron chi connectivity index (χ4n) is 3.81. The molecule has 29 heavy (non-hydrogen) atoms. The van der Waals surface area contributed by atoms with Gasteiger partial charge >= 0.3 is 0 Å². The van der Waals surface area contributed by atoms with E-state index in [1.54, 1.807) is 0 Å². The summed E-state index contributed by atoms with van der Waals surface area (Å²) in [5.41, 5.74) is 1.26. The summed E-state index contributed by atoms with van der Waals surface area (Å²) in [6.45, 7) is 13.0. The third-order valence-electron chi connectivity index (χ3n) is 6.20. The molecule has 1 fully saturated rings. The Labute approximate surface area is 176 Å². The zero-order valence-corrected chi connectivity index (χ0v) is 18.7. The molecule has 0 aliphatic carbocycles. The van der Waals surface area contributed by atoms with Crippen molar-refractivity contribution in [2.45, 2.75) is 46.6 Å². The Balaban J connectivity index is 2.08. The van der Waals surface area contributed by atoms with Gasteiger partial charge in [0.1, 0.15) is 5.82 Å². The first kappa shape index (κ1) is 23.4. The minimum atomic E-state index is 0.101. The second kappa shape index (κ2) is 12.0. The lowest BCUT2D eigenvalue weighted by Gasteiger charge is -2.34. The van der Waals surface area contributed by atoms with Crippen LogP contribution in [-0.4, -0.2) is 73.9 Å². The van der Waals surface area contributed by atoms with Crippen LogP contribution in [0.3, 0.4) is 0 Å². The molecule has 2 rings (SSSR count). The Hall–Kier alpha value is -1.86. The summed E-state index contributed by atoms with van der Waals surface area (Å²) in [5, 5.41) is 16.3. The van der Waals surface area contributed by atoms with Crippen LogP contribution in [0.4, 0.5) is 5.82 Å². The highest BCUT2D eigenvalue weighted by atomic mass is 16.3. The van der Waals surface area contributed by atoms with E-state index in [0.717, 1.165) is 75.9 Å². The van der Waals surface area contributed by atoms with Gasteiger partial charge in [-0.15, -0.1) is 0 Å². The molecule has 0 saturated carbocycles. The van der Waals surface area contributed by atoms with Crippen LogP contribution in [0.5, 0.6) is 0 Å². The summed E-state index contributed by atoms with van der Waals surface area (Å²) in [7, 11) is 2.17. The predicted molar refractivity (Wildman–Crippen MR) is 121 cm³/mol. The number of rotatable bonds is 10. The SMILES string of the molecule is CCNC(=NCc1cccnc1N1CCN(C)CC1)NCC(CC)(CC)CCO. The van der Waals surface area contributed by atoms with E-state index in [9.17, 15) is 5.11 Å². The number of aliphatic imine (C=N–C) groups is 1. The van der Waals surface area contributed by atoms with Crippen molar-refractivity contribution < 1.29 is 5.11 Å². The molecule has 1 saturated heterocycles. The molecule has 7 heteroatoms. The van der Waals surface area contributed by atoms with Crippen molar-refractivity contribution in [1.82, 2.24) is 20.5 Å². The van der Waals surface area contributed by atoms with E-state index in [0.29, 0.717) is 6.54 Å². The van der Waals surface area contributed by atoms with Gasteiger partial charge in [0.25, 0.3) is 0 Å². The lowest BCUT2D eigenvalue weighted by atomic mass is 9.79. The van der Waals surface area contributed by atoms with Crippen LogP contribution in [0.15, 0.2) is 23.3 Å². The van der Waals surface area contributed by atoms with E-state index in [4.69, 9.17) is 4.99 Å². The second-order valence-electron chi connectivity index (χ2n) is 8.01. The molecule has 0 aromatic carbocycles. The summed E-state index contributed by atoms with van der Waals surface area (Å²) in [5.74, 6) is 1.88. The normalized spacial score (nSPS) is 16.2. The molecule has 0 bridgehead atoms. The molecular weight excluding hydrogens is 364 g/mol. The number of aliphatic hydroxyl groups is 1. The summed E-state index contributed by atoms with van der Waals surface area (Å²) < 4.78 is 0. The van der Waals surface area contributed by atoms with Gasteiger partial charge in [0.2, 0.25) is 0 Å². The Morgan fingerprint density at radius 2 is 1.90 bits per heavy atom. The first-order valence-electron chi connectivity index (χ1n) is 11.1. The number of nitrogens with one attached hydrogen (secondary N) is 2. The van der Waals surface area contributed by atoms with Gasteiger partial charge in [-0.25, -0.2) is 9.98 Å². The minimum absolute atomic E-state index is 0.101. The number of piperazine rings is 1. The number of aliphatic hydroxyl groups excluding tert-OH is 1. The zero-order valence-electron chi connectivity index (χ0n) is 18.7. The number of aromatic nitrogens is 1. The van der Waals surface area contributed by atoms with Gasteiger partial charge < -0.3 is 25.5 Å². The molecule has 164 valence electrons. The number of pyridine rings is 1. The van der Waals surface area contributed by atoms with Gasteiger partial charge in [0.15, 0.2) is 5.96 Å². The van der Waals surface area contributed by atoms with Crippen molar-refractivity contribution in [1.29, 1.82) is 0 Å². The van der Waals surface area contributed by atoms with Crippen molar-refractivity contribution >= 4 is 11.8 Å². The Bertz CT molecular complexity index is 623. The highest BCUT2D eigenvalue weighted by molar-refractivity contribution is 5.79. The van der Waals surface area contributed by atoms with Crippen LogP contribution in [-0.2, 0) is 6.54 Å². The molecular formula is C22H40N6O. The summed E-state index contributed by atoms with van der Waals surface area (Å²) in [4.78, 5) is 14.2. The molecule has 1 aromatic heterocycles. The van der Waals surface area contributed by atoms with Crippen molar-refractivity contribution in [3.05, 3.63) is 23.9 Å². The molecule has 7 nitrogen and oxygen atoms in total. The second-order valence-corrected chi connectivity index (χ2v) is 8.01. The van der Waals surface area contributed by atoms with E-state index < -0.39 is 0 Å². The minimum Gasteiger partial charge on any atom is -0.396 e. The molecule has 0 unspecified atom stereocenters. The molecule has 2 heterocycles. The first-order chi connectivity index (χ1) is 14.1. The molecule has 3 N–H and O–H groups in total. The highest BCUT2D eigenvalue weighted by Crippen LogP contribution is 2.29. The number of likely N-dealkylation sites (N-methyl/N-ethyl adjacent to an activating group) is 1. The first-order valence-corrected chi connectivity index (χ1v) is 11.1. The maximum Gasteiger partial charge on any atom is 0.191 e. The molecule has 1 aliphatic heterocycles. The van der Waals surface area contributed by atoms with Gasteiger partial charge in [0.05, 0.1) is 6.54 Å². The topological polar surface area (TPSA) is 76.0 Å². The number of hydrogen-bond acceptors (Lipinski definition) is 5. The zero-order chi connectivity index (χ0) is 21.1. The maximum absolute atomic E-state index is 9.47. The van der Waals surface area contributed by atoms with E-state index >= 15 is 0 Å². The van der Waals surface area contributed by atoms with E-state index in [2.05, 4.69) is 59.3 Å². The van der Waals surface area contributed by atoms with Crippen LogP contribution in [0.2, 0.25) is 0 Å². The van der Waals surface area contributed by atoms with Crippen LogP contribution in [0.1, 0.15) is 45.6 Å². The van der Waals surface area contributed by atoms with Crippen molar-refractivity contribution in [3.63, 3.8) is 0 Å². The van der Waals surface area contributed by atoms with E-state index in [-0.39, 0.29) is 12.0 Å². The smallest absolute Gasteiger partial charge is 0.191 e. The number of anilines is 1. The van der Waals surface area contributed by atoms with Crippen molar-refractivity contribution in [2.24, 2.45) is 10.4 Å². The van der Waals surface area contributed by atoms with Gasteiger partial charge in [-0.3, -0.25) is 0 Å². The number of guanidine groups is 1. The summed E-state index contributed by atoms with van der Waals surface area (Å²) >= 11 is 0. The molecule has 1 aromatic rings. The van der Waals surface area contributed by atoms with Crippen LogP contribution < -0.4 is 15.5 Å². The lowest BCUT2D eigenvalue weighted by Crippen LogP contribution is -2.45. The Kier molecular flexibility index (Phi) is 9.67. The van der Waals surface area contributed by atoms with E-state index in [1.165, 1.54) is 0 Å². The fraction of sp³-hybridized carbons (Fsp3) is 0.727. The third-order valence-corrected chi connectivity index (χ3v) is 6.20. The summed E-state index contributed by atoms with van der Waals surface area (Å²) in [6.07, 6.45) is 4.75. The van der Waals surface area contributed by atoms with Gasteiger partial charge in [0, 0.05) is 57.6 Å². The monoisotopic (exact) mass is 404 g/mol. The van der Waals surface area contributed by atoms with Gasteiger partial charge in [-0.2, -0.15) is 0 Å². The number of nitrogens with zero attached hydrogens (tertiary/aromatic N) is 4. The predicted octanol–water partition coefficient (Wildman–Crippen LogP) is 2.08. The third kappa shape index (κ3) is 6.85. The molecule has 0 amide bonds. The quantitative estimate of drug-likeness (QED) is 0.409. The largest absolute Gasteiger partial charge is 0.396 e. The summed E-state index contributed by atoms with van der Waals surface area (Å²) in [6, 6.07) is 4.12. The van der Waals surface area contributed by atoms with Crippen LogP contribution in [0, 0.1) is 5.41 Å².